The normalized spacial score (nSPS) is 9.35. The van der Waals surface area contributed by atoms with Crippen molar-refractivity contribution < 1.29 is 9.53 Å². The molecule has 0 amide bonds. The van der Waals surface area contributed by atoms with Crippen molar-refractivity contribution in [3.8, 4) is 0 Å². The highest BCUT2D eigenvalue weighted by atomic mass is 16.5. The van der Waals surface area contributed by atoms with Crippen LogP contribution in [-0.2, 0) is 9.53 Å². The first kappa shape index (κ1) is 13.1. The van der Waals surface area contributed by atoms with Gasteiger partial charge in [-0.1, -0.05) is 12.1 Å². The number of carbonyl (C=O) groups excluding carboxylic acids is 1. The zero-order chi connectivity index (χ0) is 12.7. The Morgan fingerprint density at radius 3 is 2.71 bits per heavy atom. The minimum atomic E-state index is 0.431. The van der Waals surface area contributed by atoms with Gasteiger partial charge < -0.3 is 4.74 Å². The highest BCUT2D eigenvalue weighted by molar-refractivity contribution is 5.77. The van der Waals surface area contributed by atoms with Gasteiger partial charge in [0.2, 0.25) is 0 Å². The number of aryl methyl sites for hydroxylation is 2. The third-order valence-electron chi connectivity index (χ3n) is 2.13. The number of hydrogen-bond acceptors (Lipinski definition) is 4. The van der Waals surface area contributed by atoms with Gasteiger partial charge in [-0.05, 0) is 32.4 Å². The molecule has 90 valence electrons. The molecule has 1 aromatic heterocycles. The van der Waals surface area contributed by atoms with E-state index < -0.39 is 0 Å². The lowest BCUT2D eigenvalue weighted by molar-refractivity contribution is -0.128. The van der Waals surface area contributed by atoms with Crippen molar-refractivity contribution >= 4 is 17.5 Å². The molecule has 0 saturated heterocycles. The van der Waals surface area contributed by atoms with E-state index in [4.69, 9.17) is 0 Å². The van der Waals surface area contributed by atoms with Gasteiger partial charge in [0, 0.05) is 6.20 Å². The molecule has 0 aliphatic rings. The number of rotatable bonds is 2. The number of fused-ring (bicyclic) bond motifs is 1. The van der Waals surface area contributed by atoms with E-state index in [1.807, 2.05) is 32.0 Å². The molecule has 0 spiro atoms. The Hall–Kier alpha value is -1.97. The predicted molar refractivity (Wildman–Crippen MR) is 66.7 cm³/mol. The van der Waals surface area contributed by atoms with Crippen LogP contribution < -0.4 is 0 Å². The Bertz CT molecular complexity index is 498. The van der Waals surface area contributed by atoms with Gasteiger partial charge in [0.15, 0.2) is 0 Å². The largest absolute Gasteiger partial charge is 0.468 e. The number of hydrogen-bond donors (Lipinski definition) is 0. The summed E-state index contributed by atoms with van der Waals surface area (Å²) in [5.74, 6) is 0. The van der Waals surface area contributed by atoms with Gasteiger partial charge >= 0.3 is 0 Å². The van der Waals surface area contributed by atoms with Crippen LogP contribution in [0, 0.1) is 13.8 Å². The maximum Gasteiger partial charge on any atom is 0.293 e. The quantitative estimate of drug-likeness (QED) is 0.746. The SMILES string of the molecule is CCOC=O.Cc1cnc2c(C)cccc2n1. The van der Waals surface area contributed by atoms with E-state index >= 15 is 0 Å². The van der Waals surface area contributed by atoms with E-state index in [-0.39, 0.29) is 0 Å². The second-order valence-electron chi connectivity index (χ2n) is 3.51. The van der Waals surface area contributed by atoms with E-state index in [9.17, 15) is 4.79 Å². The maximum absolute atomic E-state index is 9.18. The van der Waals surface area contributed by atoms with Crippen LogP contribution in [0.2, 0.25) is 0 Å². The molecule has 4 heteroatoms. The van der Waals surface area contributed by atoms with Gasteiger partial charge in [0.05, 0.1) is 23.3 Å². The Balaban J connectivity index is 0.000000249. The number of para-hydroxylation sites is 1. The Labute approximate surface area is 101 Å². The van der Waals surface area contributed by atoms with Gasteiger partial charge in [-0.3, -0.25) is 9.78 Å². The topological polar surface area (TPSA) is 52.1 Å². The molecule has 0 aliphatic carbocycles. The minimum absolute atomic E-state index is 0.431. The molecule has 0 bridgehead atoms. The summed E-state index contributed by atoms with van der Waals surface area (Å²) in [6.07, 6.45) is 1.80. The third-order valence-corrected chi connectivity index (χ3v) is 2.13. The van der Waals surface area contributed by atoms with Crippen molar-refractivity contribution in [1.29, 1.82) is 0 Å². The van der Waals surface area contributed by atoms with Gasteiger partial charge in [0.1, 0.15) is 0 Å². The average Bonchev–Trinajstić information content (AvgIpc) is 2.31. The Morgan fingerprint density at radius 2 is 2.12 bits per heavy atom. The molecule has 1 aromatic carbocycles. The minimum Gasteiger partial charge on any atom is -0.468 e. The van der Waals surface area contributed by atoms with Gasteiger partial charge in [0.25, 0.3) is 6.47 Å². The third kappa shape index (κ3) is 3.83. The summed E-state index contributed by atoms with van der Waals surface area (Å²) in [7, 11) is 0. The molecule has 0 fully saturated rings. The van der Waals surface area contributed by atoms with Crippen molar-refractivity contribution in [2.45, 2.75) is 20.8 Å². The van der Waals surface area contributed by atoms with Crippen molar-refractivity contribution in [1.82, 2.24) is 9.97 Å². The monoisotopic (exact) mass is 232 g/mol. The van der Waals surface area contributed by atoms with Crippen LogP contribution in [0.4, 0.5) is 0 Å². The van der Waals surface area contributed by atoms with E-state index in [0.29, 0.717) is 13.1 Å². The number of benzene rings is 1. The number of carbonyl (C=O) groups is 1. The summed E-state index contributed by atoms with van der Waals surface area (Å²) in [6, 6.07) is 6.04. The lowest BCUT2D eigenvalue weighted by atomic mass is 10.2. The van der Waals surface area contributed by atoms with Crippen molar-refractivity contribution in [3.05, 3.63) is 35.7 Å². The molecular weight excluding hydrogens is 216 g/mol. The first-order chi connectivity index (χ1) is 8.19. The van der Waals surface area contributed by atoms with E-state index in [2.05, 4.69) is 14.7 Å². The first-order valence-corrected chi connectivity index (χ1v) is 5.43. The van der Waals surface area contributed by atoms with Gasteiger partial charge in [-0.15, -0.1) is 0 Å². The van der Waals surface area contributed by atoms with Crippen molar-refractivity contribution in [2.75, 3.05) is 6.61 Å². The molecule has 2 aromatic rings. The van der Waals surface area contributed by atoms with Crippen molar-refractivity contribution in [3.63, 3.8) is 0 Å². The summed E-state index contributed by atoms with van der Waals surface area (Å²) in [4.78, 5) is 17.9. The van der Waals surface area contributed by atoms with Crippen LogP contribution in [0.15, 0.2) is 24.4 Å². The fraction of sp³-hybridized carbons (Fsp3) is 0.308. The summed E-state index contributed by atoms with van der Waals surface area (Å²) >= 11 is 0. The summed E-state index contributed by atoms with van der Waals surface area (Å²) in [5, 5.41) is 0. The molecule has 0 atom stereocenters. The van der Waals surface area contributed by atoms with Gasteiger partial charge in [-0.2, -0.15) is 0 Å². The number of nitrogens with zero attached hydrogens (tertiary/aromatic N) is 2. The molecule has 0 unspecified atom stereocenters. The molecule has 2 rings (SSSR count). The van der Waals surface area contributed by atoms with Crippen LogP contribution in [-0.4, -0.2) is 23.0 Å². The molecule has 4 nitrogen and oxygen atoms in total. The van der Waals surface area contributed by atoms with Crippen LogP contribution in [0.1, 0.15) is 18.2 Å². The fourth-order valence-electron chi connectivity index (χ4n) is 1.35. The van der Waals surface area contributed by atoms with E-state index in [1.165, 1.54) is 5.56 Å². The van der Waals surface area contributed by atoms with Crippen LogP contribution in [0.5, 0.6) is 0 Å². The summed E-state index contributed by atoms with van der Waals surface area (Å²) < 4.78 is 4.15. The predicted octanol–water partition coefficient (Wildman–Crippen LogP) is 2.43. The highest BCUT2D eigenvalue weighted by Crippen LogP contribution is 2.12. The molecule has 0 aliphatic heterocycles. The lowest BCUT2D eigenvalue weighted by Crippen LogP contribution is -1.88. The average molecular weight is 232 g/mol. The van der Waals surface area contributed by atoms with Crippen molar-refractivity contribution in [2.24, 2.45) is 0 Å². The smallest absolute Gasteiger partial charge is 0.293 e. The molecule has 0 N–H and O–H groups in total. The molecule has 1 heterocycles. The number of aromatic nitrogens is 2. The lowest BCUT2D eigenvalue weighted by Gasteiger charge is -1.99. The highest BCUT2D eigenvalue weighted by Gasteiger charge is 1.97. The first-order valence-electron chi connectivity index (χ1n) is 5.43. The summed E-state index contributed by atoms with van der Waals surface area (Å²) in [6.45, 7) is 6.67. The number of ether oxygens (including phenoxy) is 1. The maximum atomic E-state index is 9.18. The molecule has 0 radical (unpaired) electrons. The van der Waals surface area contributed by atoms with Crippen LogP contribution >= 0.6 is 0 Å². The van der Waals surface area contributed by atoms with E-state index in [1.54, 1.807) is 13.1 Å². The molecular formula is C13H16N2O2. The Kier molecular flexibility index (Phi) is 5.07. The second-order valence-corrected chi connectivity index (χ2v) is 3.51. The zero-order valence-corrected chi connectivity index (χ0v) is 10.3. The standard InChI is InChI=1S/C10H10N2.C3H6O2/c1-7-4-3-5-9-10(7)11-6-8(2)12-9;1-2-5-3-4/h3-6H,1-2H3;3H,2H2,1H3. The Morgan fingerprint density at radius 1 is 1.35 bits per heavy atom. The van der Waals surface area contributed by atoms with Crippen LogP contribution in [0.25, 0.3) is 11.0 Å². The zero-order valence-electron chi connectivity index (χ0n) is 10.3. The fourth-order valence-corrected chi connectivity index (χ4v) is 1.35. The second kappa shape index (κ2) is 6.58. The van der Waals surface area contributed by atoms with Gasteiger partial charge in [-0.25, -0.2) is 4.98 Å². The molecule has 17 heavy (non-hydrogen) atoms. The molecule has 0 saturated carbocycles. The summed E-state index contributed by atoms with van der Waals surface area (Å²) in [5.41, 5.74) is 4.13. The van der Waals surface area contributed by atoms with Crippen LogP contribution in [0.3, 0.4) is 0 Å². The van der Waals surface area contributed by atoms with E-state index in [0.717, 1.165) is 16.7 Å².